The molecule has 0 unspecified atom stereocenters. The second-order valence-corrected chi connectivity index (χ2v) is 10.9. The number of rotatable bonds is 7. The highest BCUT2D eigenvalue weighted by atomic mass is 19.3. The molecule has 3 fully saturated rings. The SMILES string of the molecule is CC(=O)N1CCC(C(=O)NC2CC(Nc3cc(-n4c(C(F)F)nc5ccccc54)nc(N4CCOCC4)n3)C2)CC1. The molecule has 2 aromatic heterocycles. The Morgan fingerprint density at radius 2 is 1.73 bits per heavy atom. The van der Waals surface area contributed by atoms with Crippen molar-refractivity contribution >= 4 is 34.6 Å². The molecule has 218 valence electrons. The molecule has 2 amide bonds. The lowest BCUT2D eigenvalue weighted by Crippen LogP contribution is -2.52. The van der Waals surface area contributed by atoms with Crippen LogP contribution in [-0.4, -0.2) is 87.7 Å². The summed E-state index contributed by atoms with van der Waals surface area (Å²) in [6, 6.07) is 8.80. The number of likely N-dealkylation sites (tertiary alicyclic amines) is 1. The van der Waals surface area contributed by atoms with Crippen molar-refractivity contribution in [2.45, 2.75) is 51.1 Å². The van der Waals surface area contributed by atoms with E-state index in [4.69, 9.17) is 14.7 Å². The molecule has 41 heavy (non-hydrogen) atoms. The number of benzene rings is 1. The van der Waals surface area contributed by atoms with Crippen molar-refractivity contribution in [3.05, 3.63) is 36.2 Å². The van der Waals surface area contributed by atoms with E-state index >= 15 is 0 Å². The molecule has 0 spiro atoms. The number of hydrogen-bond acceptors (Lipinski definition) is 8. The fraction of sp³-hybridized carbons (Fsp3) is 0.536. The number of imidazole rings is 1. The summed E-state index contributed by atoms with van der Waals surface area (Å²) in [5.74, 6) is 0.925. The zero-order valence-corrected chi connectivity index (χ0v) is 22.9. The van der Waals surface area contributed by atoms with Crippen LogP contribution in [0, 0.1) is 5.92 Å². The van der Waals surface area contributed by atoms with E-state index in [1.54, 1.807) is 42.2 Å². The molecular weight excluding hydrogens is 534 g/mol. The summed E-state index contributed by atoms with van der Waals surface area (Å²) in [6.07, 6.45) is 0.0156. The summed E-state index contributed by atoms with van der Waals surface area (Å²) in [7, 11) is 0. The van der Waals surface area contributed by atoms with Gasteiger partial charge in [0.2, 0.25) is 17.8 Å². The van der Waals surface area contributed by atoms with Crippen molar-refractivity contribution < 1.29 is 23.1 Å². The molecule has 1 saturated carbocycles. The molecule has 4 heterocycles. The fourth-order valence-electron chi connectivity index (χ4n) is 5.79. The van der Waals surface area contributed by atoms with Crippen LogP contribution in [0.15, 0.2) is 30.3 Å². The van der Waals surface area contributed by atoms with Crippen LogP contribution in [0.25, 0.3) is 16.9 Å². The number of piperidine rings is 1. The Hall–Kier alpha value is -3.87. The van der Waals surface area contributed by atoms with Crippen LogP contribution in [0.5, 0.6) is 0 Å². The molecule has 0 atom stereocenters. The lowest BCUT2D eigenvalue weighted by Gasteiger charge is -2.38. The van der Waals surface area contributed by atoms with Crippen molar-refractivity contribution in [1.82, 2.24) is 29.7 Å². The minimum Gasteiger partial charge on any atom is -0.378 e. The van der Waals surface area contributed by atoms with Gasteiger partial charge in [-0.05, 0) is 37.8 Å². The molecule has 0 bridgehead atoms. The largest absolute Gasteiger partial charge is 0.378 e. The van der Waals surface area contributed by atoms with Crippen molar-refractivity contribution in [1.29, 1.82) is 0 Å². The van der Waals surface area contributed by atoms with Gasteiger partial charge in [0.1, 0.15) is 11.6 Å². The van der Waals surface area contributed by atoms with E-state index in [9.17, 15) is 18.4 Å². The predicted octanol–water partition coefficient (Wildman–Crippen LogP) is 2.91. The molecular formula is C28H34F2N8O3. The minimum atomic E-state index is -2.79. The zero-order chi connectivity index (χ0) is 28.5. The summed E-state index contributed by atoms with van der Waals surface area (Å²) < 4.78 is 35.1. The van der Waals surface area contributed by atoms with Gasteiger partial charge in [-0.2, -0.15) is 9.97 Å². The Labute approximate surface area is 236 Å². The first kappa shape index (κ1) is 27.3. The Bertz CT molecular complexity index is 1410. The Balaban J connectivity index is 1.18. The number of nitrogens with one attached hydrogen (secondary N) is 2. The van der Waals surface area contributed by atoms with Crippen molar-refractivity contribution in [2.75, 3.05) is 49.6 Å². The van der Waals surface area contributed by atoms with Gasteiger partial charge in [-0.15, -0.1) is 0 Å². The van der Waals surface area contributed by atoms with Gasteiger partial charge in [-0.25, -0.2) is 13.8 Å². The average molecular weight is 569 g/mol. The third kappa shape index (κ3) is 5.81. The smallest absolute Gasteiger partial charge is 0.296 e. The van der Waals surface area contributed by atoms with Gasteiger partial charge in [-0.3, -0.25) is 14.2 Å². The number of ether oxygens (including phenoxy) is 1. The molecule has 6 rings (SSSR count). The maximum atomic E-state index is 14.1. The molecule has 2 aliphatic heterocycles. The number of nitrogens with zero attached hydrogens (tertiary/aromatic N) is 6. The summed E-state index contributed by atoms with van der Waals surface area (Å²) in [4.78, 5) is 41.7. The first-order chi connectivity index (χ1) is 19.9. The second kappa shape index (κ2) is 11.6. The van der Waals surface area contributed by atoms with Crippen LogP contribution in [0.4, 0.5) is 20.5 Å². The highest BCUT2D eigenvalue weighted by Gasteiger charge is 2.34. The lowest BCUT2D eigenvalue weighted by molar-refractivity contribution is -0.134. The van der Waals surface area contributed by atoms with Crippen molar-refractivity contribution in [3.63, 3.8) is 0 Å². The molecule has 3 aliphatic rings. The second-order valence-electron chi connectivity index (χ2n) is 10.9. The quantitative estimate of drug-likeness (QED) is 0.447. The maximum absolute atomic E-state index is 14.1. The Morgan fingerprint density at radius 1 is 1.00 bits per heavy atom. The third-order valence-corrected chi connectivity index (χ3v) is 8.15. The number of aromatic nitrogens is 4. The number of fused-ring (bicyclic) bond motifs is 1. The molecule has 3 aromatic rings. The van der Waals surface area contributed by atoms with Crippen LogP contribution in [0.1, 0.15) is 44.9 Å². The van der Waals surface area contributed by atoms with E-state index in [1.165, 1.54) is 4.57 Å². The zero-order valence-electron chi connectivity index (χ0n) is 22.9. The van der Waals surface area contributed by atoms with E-state index in [-0.39, 0.29) is 35.6 Å². The van der Waals surface area contributed by atoms with Gasteiger partial charge in [0.25, 0.3) is 6.43 Å². The van der Waals surface area contributed by atoms with Crippen LogP contribution in [-0.2, 0) is 14.3 Å². The number of carbonyl (C=O) groups excluding carboxylic acids is 2. The topological polar surface area (TPSA) is 118 Å². The molecule has 2 saturated heterocycles. The summed E-state index contributed by atoms with van der Waals surface area (Å²) in [6.45, 7) is 5.04. The van der Waals surface area contributed by atoms with E-state index in [1.807, 2.05) is 4.90 Å². The monoisotopic (exact) mass is 568 g/mol. The molecule has 0 radical (unpaired) electrons. The first-order valence-corrected chi connectivity index (χ1v) is 14.2. The van der Waals surface area contributed by atoms with E-state index < -0.39 is 6.43 Å². The molecule has 1 aromatic carbocycles. The molecule has 2 N–H and O–H groups in total. The minimum absolute atomic E-state index is 0.0436. The van der Waals surface area contributed by atoms with Gasteiger partial charge in [0, 0.05) is 57.2 Å². The van der Waals surface area contributed by atoms with E-state index in [0.717, 1.165) is 12.8 Å². The predicted molar refractivity (Wildman–Crippen MR) is 148 cm³/mol. The number of carbonyl (C=O) groups is 2. The van der Waals surface area contributed by atoms with Crippen LogP contribution in [0.2, 0.25) is 0 Å². The highest BCUT2D eigenvalue weighted by molar-refractivity contribution is 5.80. The van der Waals surface area contributed by atoms with Crippen molar-refractivity contribution in [3.8, 4) is 5.82 Å². The lowest BCUT2D eigenvalue weighted by atomic mass is 9.85. The number of anilines is 2. The molecule has 1 aliphatic carbocycles. The Kier molecular flexibility index (Phi) is 7.69. The van der Waals surface area contributed by atoms with E-state index in [2.05, 4.69) is 15.6 Å². The summed E-state index contributed by atoms with van der Waals surface area (Å²) in [5, 5.41) is 6.58. The highest BCUT2D eigenvalue weighted by Crippen LogP contribution is 2.31. The van der Waals surface area contributed by atoms with Gasteiger partial charge < -0.3 is 25.2 Å². The number of para-hydroxylation sites is 2. The first-order valence-electron chi connectivity index (χ1n) is 14.2. The fourth-order valence-corrected chi connectivity index (χ4v) is 5.79. The van der Waals surface area contributed by atoms with Gasteiger partial charge >= 0.3 is 0 Å². The van der Waals surface area contributed by atoms with Crippen LogP contribution >= 0.6 is 0 Å². The van der Waals surface area contributed by atoms with Gasteiger partial charge in [0.05, 0.1) is 24.2 Å². The molecule has 11 nitrogen and oxygen atoms in total. The third-order valence-electron chi connectivity index (χ3n) is 8.15. The van der Waals surface area contributed by atoms with Crippen molar-refractivity contribution in [2.24, 2.45) is 5.92 Å². The number of morpholine rings is 1. The summed E-state index contributed by atoms with van der Waals surface area (Å²) in [5.41, 5.74) is 1.01. The standard InChI is InChI=1S/C28H34F2N8O3/c1-17(39)36-8-6-18(7-9-36)27(40)32-20-14-19(15-20)31-23-16-24(35-28(34-23)37-10-12-41-13-11-37)38-22-5-3-2-4-21(22)33-26(38)25(29)30/h2-5,16,18-20,25H,6-15H2,1H3,(H,32,40)(H,31,34,35). The number of halogens is 2. The number of alkyl halides is 2. The number of hydrogen-bond donors (Lipinski definition) is 2. The van der Waals surface area contributed by atoms with E-state index in [0.29, 0.717) is 80.9 Å². The normalized spacial score (nSPS) is 21.7. The van der Waals surface area contributed by atoms with Gasteiger partial charge in [0.15, 0.2) is 5.82 Å². The van der Waals surface area contributed by atoms with Crippen LogP contribution < -0.4 is 15.5 Å². The average Bonchev–Trinajstić information content (AvgIpc) is 3.36. The van der Waals surface area contributed by atoms with Gasteiger partial charge in [-0.1, -0.05) is 12.1 Å². The summed E-state index contributed by atoms with van der Waals surface area (Å²) >= 11 is 0. The maximum Gasteiger partial charge on any atom is 0.296 e. The molecule has 13 heteroatoms. The van der Waals surface area contributed by atoms with Crippen LogP contribution in [0.3, 0.4) is 0 Å². The number of amides is 2. The Morgan fingerprint density at radius 3 is 2.44 bits per heavy atom.